The highest BCUT2D eigenvalue weighted by atomic mass is 79.9. The first-order chi connectivity index (χ1) is 7.68. The quantitative estimate of drug-likeness (QED) is 0.864. The fraction of sp³-hybridized carbons (Fsp3) is 0.692. The predicted molar refractivity (Wildman–Crippen MR) is 70.7 cm³/mol. The molecule has 3 unspecified atom stereocenters. The number of aryl methyl sites for hydroxylation is 1. The van der Waals surface area contributed by atoms with E-state index in [0.717, 1.165) is 21.2 Å². The third-order valence-corrected chi connectivity index (χ3v) is 6.46. The number of hydrogen-bond acceptors (Lipinski definition) is 2. The summed E-state index contributed by atoms with van der Waals surface area (Å²) in [5, 5.41) is 10.4. The Labute approximate surface area is 109 Å². The van der Waals surface area contributed by atoms with E-state index in [9.17, 15) is 5.11 Å². The van der Waals surface area contributed by atoms with Crippen LogP contribution in [0.3, 0.4) is 0 Å². The number of aliphatic hydroxyl groups excluding tert-OH is 1. The molecule has 3 heteroatoms. The molecule has 1 nitrogen and oxygen atoms in total. The lowest BCUT2D eigenvalue weighted by Gasteiger charge is -2.07. The largest absolute Gasteiger partial charge is 0.387 e. The first-order valence-corrected chi connectivity index (χ1v) is 7.73. The van der Waals surface area contributed by atoms with Crippen molar-refractivity contribution in [3.05, 3.63) is 20.3 Å². The molecular weight excluding hydrogens is 284 g/mol. The Balaban J connectivity index is 1.76. The van der Waals surface area contributed by atoms with Gasteiger partial charge in [0, 0.05) is 14.2 Å². The highest BCUT2D eigenvalue weighted by Crippen LogP contribution is 2.61. The molecule has 16 heavy (non-hydrogen) atoms. The van der Waals surface area contributed by atoms with E-state index in [1.165, 1.54) is 30.6 Å². The molecule has 0 aromatic carbocycles. The summed E-state index contributed by atoms with van der Waals surface area (Å²) in [5.41, 5.74) is 0. The molecule has 3 rings (SSSR count). The van der Waals surface area contributed by atoms with Gasteiger partial charge in [-0.25, -0.2) is 0 Å². The molecule has 2 fully saturated rings. The lowest BCUT2D eigenvalue weighted by atomic mass is 10.0. The van der Waals surface area contributed by atoms with Crippen LogP contribution in [0.4, 0.5) is 0 Å². The van der Waals surface area contributed by atoms with Crippen molar-refractivity contribution < 1.29 is 5.11 Å². The highest BCUT2D eigenvalue weighted by molar-refractivity contribution is 9.10. The molecule has 0 bridgehead atoms. The van der Waals surface area contributed by atoms with E-state index < -0.39 is 0 Å². The number of thiophene rings is 1. The minimum atomic E-state index is -0.205. The fourth-order valence-corrected chi connectivity index (χ4v) is 4.94. The molecule has 2 aliphatic carbocycles. The van der Waals surface area contributed by atoms with Crippen molar-refractivity contribution in [2.75, 3.05) is 0 Å². The van der Waals surface area contributed by atoms with Gasteiger partial charge in [0.2, 0.25) is 0 Å². The van der Waals surface area contributed by atoms with E-state index in [4.69, 9.17) is 0 Å². The van der Waals surface area contributed by atoms with Crippen molar-refractivity contribution >= 4 is 27.3 Å². The molecule has 0 spiro atoms. The maximum Gasteiger partial charge on any atom is 0.0916 e. The summed E-state index contributed by atoms with van der Waals surface area (Å²) < 4.78 is 1.15. The van der Waals surface area contributed by atoms with Crippen molar-refractivity contribution in [2.24, 2.45) is 17.8 Å². The Morgan fingerprint density at radius 3 is 2.50 bits per heavy atom. The number of halogens is 1. The van der Waals surface area contributed by atoms with Crippen molar-refractivity contribution in [3.63, 3.8) is 0 Å². The van der Waals surface area contributed by atoms with Gasteiger partial charge in [0.05, 0.1) is 6.10 Å². The van der Waals surface area contributed by atoms with E-state index in [1.807, 2.05) is 0 Å². The maximum atomic E-state index is 10.4. The van der Waals surface area contributed by atoms with Gasteiger partial charge in [0.15, 0.2) is 0 Å². The second kappa shape index (κ2) is 4.11. The van der Waals surface area contributed by atoms with Crippen LogP contribution in [0.25, 0.3) is 0 Å². The van der Waals surface area contributed by atoms with E-state index in [2.05, 4.69) is 28.9 Å². The predicted octanol–water partition coefficient (Wildman–Crippen LogP) is 4.29. The number of rotatable bonds is 2. The zero-order valence-corrected chi connectivity index (χ0v) is 11.9. The van der Waals surface area contributed by atoms with Crippen LogP contribution >= 0.6 is 27.3 Å². The molecule has 1 aromatic heterocycles. The van der Waals surface area contributed by atoms with Gasteiger partial charge in [-0.3, -0.25) is 0 Å². The molecule has 2 aliphatic rings. The molecule has 88 valence electrons. The van der Waals surface area contributed by atoms with E-state index >= 15 is 0 Å². The Kier molecular flexibility index (Phi) is 2.89. The van der Waals surface area contributed by atoms with Gasteiger partial charge in [-0.2, -0.15) is 0 Å². The van der Waals surface area contributed by atoms with Crippen LogP contribution in [0.2, 0.25) is 0 Å². The van der Waals surface area contributed by atoms with E-state index in [1.54, 1.807) is 11.3 Å². The smallest absolute Gasteiger partial charge is 0.0916 e. The van der Waals surface area contributed by atoms with Gasteiger partial charge in [-0.1, -0.05) is 12.8 Å². The normalized spacial score (nSPS) is 34.6. The van der Waals surface area contributed by atoms with E-state index in [-0.39, 0.29) is 6.10 Å². The Morgan fingerprint density at radius 1 is 1.38 bits per heavy atom. The van der Waals surface area contributed by atoms with E-state index in [0.29, 0.717) is 5.92 Å². The number of hydrogen-bond donors (Lipinski definition) is 1. The van der Waals surface area contributed by atoms with Crippen molar-refractivity contribution in [1.29, 1.82) is 0 Å². The molecule has 0 saturated heterocycles. The zero-order valence-electron chi connectivity index (χ0n) is 9.45. The second-order valence-corrected chi connectivity index (χ2v) is 7.33. The molecular formula is C13H17BrOS. The Morgan fingerprint density at radius 2 is 2.00 bits per heavy atom. The summed E-state index contributed by atoms with van der Waals surface area (Å²) in [5.74, 6) is 2.21. The molecule has 0 aliphatic heterocycles. The average molecular weight is 301 g/mol. The Bertz CT molecular complexity index is 369. The topological polar surface area (TPSA) is 20.2 Å². The fourth-order valence-electron chi connectivity index (χ4n) is 3.33. The third kappa shape index (κ3) is 1.77. The summed E-state index contributed by atoms with van der Waals surface area (Å²) in [7, 11) is 0. The van der Waals surface area contributed by atoms with Crippen LogP contribution in [-0.4, -0.2) is 5.11 Å². The summed E-state index contributed by atoms with van der Waals surface area (Å²) >= 11 is 5.27. The SMILES string of the molecule is Cc1sc(C(O)C2C3CCCCC32)cc1Br. The average Bonchev–Trinajstić information content (AvgIpc) is 2.91. The molecule has 2 saturated carbocycles. The molecule has 0 amide bonds. The first-order valence-electron chi connectivity index (χ1n) is 6.12. The summed E-state index contributed by atoms with van der Waals surface area (Å²) in [6, 6.07) is 2.11. The standard InChI is InChI=1S/C13H17BrOS/c1-7-10(14)6-11(16-7)13(15)12-8-4-2-3-5-9(8)12/h6,8-9,12-13,15H,2-5H2,1H3. The molecule has 1 aromatic rings. The summed E-state index contributed by atoms with van der Waals surface area (Å²) in [4.78, 5) is 2.43. The number of fused-ring (bicyclic) bond motifs is 1. The maximum absolute atomic E-state index is 10.4. The van der Waals surface area contributed by atoms with Crippen molar-refractivity contribution in [3.8, 4) is 0 Å². The van der Waals surface area contributed by atoms with Gasteiger partial charge in [-0.15, -0.1) is 11.3 Å². The lowest BCUT2D eigenvalue weighted by Crippen LogP contribution is -1.99. The Hall–Kier alpha value is 0.140. The number of aliphatic hydroxyl groups is 1. The van der Waals surface area contributed by atoms with Crippen LogP contribution in [0, 0.1) is 24.7 Å². The van der Waals surface area contributed by atoms with Gasteiger partial charge in [0.1, 0.15) is 0 Å². The van der Waals surface area contributed by atoms with Crippen LogP contribution < -0.4 is 0 Å². The second-order valence-electron chi connectivity index (χ2n) is 5.19. The molecule has 1 N–H and O–H groups in total. The zero-order chi connectivity index (χ0) is 11.3. The monoisotopic (exact) mass is 300 g/mol. The van der Waals surface area contributed by atoms with Crippen molar-refractivity contribution in [1.82, 2.24) is 0 Å². The summed E-state index contributed by atoms with van der Waals surface area (Å²) in [6.07, 6.45) is 5.23. The highest BCUT2D eigenvalue weighted by Gasteiger charge is 2.54. The van der Waals surface area contributed by atoms with Gasteiger partial charge >= 0.3 is 0 Å². The van der Waals surface area contributed by atoms with Crippen LogP contribution in [0.15, 0.2) is 10.5 Å². The third-order valence-electron chi connectivity index (χ3n) is 4.26. The van der Waals surface area contributed by atoms with Crippen LogP contribution in [-0.2, 0) is 0 Å². The minimum Gasteiger partial charge on any atom is -0.387 e. The molecule has 1 heterocycles. The molecule has 0 radical (unpaired) electrons. The minimum absolute atomic E-state index is 0.205. The van der Waals surface area contributed by atoms with Crippen LogP contribution in [0.1, 0.15) is 41.5 Å². The van der Waals surface area contributed by atoms with Crippen LogP contribution in [0.5, 0.6) is 0 Å². The van der Waals surface area contributed by atoms with Gasteiger partial charge in [-0.05, 0) is 59.5 Å². The molecule has 3 atom stereocenters. The lowest BCUT2D eigenvalue weighted by molar-refractivity contribution is 0.146. The first kappa shape index (κ1) is 11.2. The van der Waals surface area contributed by atoms with Gasteiger partial charge in [0.25, 0.3) is 0 Å². The van der Waals surface area contributed by atoms with Gasteiger partial charge < -0.3 is 5.11 Å². The summed E-state index contributed by atoms with van der Waals surface area (Å²) in [6.45, 7) is 2.10. The van der Waals surface area contributed by atoms with Crippen molar-refractivity contribution in [2.45, 2.75) is 38.7 Å².